The van der Waals surface area contributed by atoms with E-state index in [0.29, 0.717) is 19.0 Å². The first-order valence-corrected chi connectivity index (χ1v) is 5.81. The quantitative estimate of drug-likeness (QED) is 0.867. The molecule has 1 atom stereocenters. The van der Waals surface area contributed by atoms with Gasteiger partial charge in [0.25, 0.3) is 0 Å². The number of nitrogens with zero attached hydrogens (tertiary/aromatic N) is 2. The molecule has 0 bridgehead atoms. The molecule has 18 heavy (non-hydrogen) atoms. The summed E-state index contributed by atoms with van der Waals surface area (Å²) in [7, 11) is 1.80. The average molecular weight is 246 g/mol. The summed E-state index contributed by atoms with van der Waals surface area (Å²) >= 11 is 0. The first-order valence-electron chi connectivity index (χ1n) is 5.81. The van der Waals surface area contributed by atoms with Gasteiger partial charge in [-0.25, -0.2) is 0 Å². The number of aliphatic hydroxyl groups is 1. The van der Waals surface area contributed by atoms with E-state index in [1.54, 1.807) is 24.0 Å². The van der Waals surface area contributed by atoms with E-state index < -0.39 is 6.10 Å². The van der Waals surface area contributed by atoms with Crippen LogP contribution in [0.3, 0.4) is 0 Å². The van der Waals surface area contributed by atoms with Gasteiger partial charge in [0.1, 0.15) is 19.3 Å². The Morgan fingerprint density at radius 2 is 2.00 bits per heavy atom. The van der Waals surface area contributed by atoms with Gasteiger partial charge in [0, 0.05) is 13.2 Å². The fraction of sp³-hybridized carbons (Fsp3) is 0.308. The Bertz CT molecular complexity index is 565. The fourth-order valence-electron chi connectivity index (χ4n) is 2.05. The van der Waals surface area contributed by atoms with Crippen LogP contribution in [0.15, 0.2) is 30.5 Å². The van der Waals surface area contributed by atoms with Gasteiger partial charge in [-0.3, -0.25) is 4.68 Å². The molecule has 1 aliphatic rings. The summed E-state index contributed by atoms with van der Waals surface area (Å²) in [6, 6.07) is 7.27. The van der Waals surface area contributed by atoms with Crippen LogP contribution in [-0.2, 0) is 7.05 Å². The highest BCUT2D eigenvalue weighted by atomic mass is 16.6. The molecule has 94 valence electrons. The van der Waals surface area contributed by atoms with Crippen molar-refractivity contribution in [3.8, 4) is 11.5 Å². The molecule has 0 radical (unpaired) electrons. The SMILES string of the molecule is Cn1nccc1C(O)c1ccc2c(c1)OCCO2. The minimum atomic E-state index is -0.715. The number of aliphatic hydroxyl groups excluding tert-OH is 1. The summed E-state index contributed by atoms with van der Waals surface area (Å²) < 4.78 is 12.6. The number of aryl methyl sites for hydroxylation is 1. The zero-order chi connectivity index (χ0) is 12.5. The van der Waals surface area contributed by atoms with Crippen LogP contribution in [0.2, 0.25) is 0 Å². The van der Waals surface area contributed by atoms with Crippen molar-refractivity contribution in [2.75, 3.05) is 13.2 Å². The van der Waals surface area contributed by atoms with Crippen LogP contribution in [0, 0.1) is 0 Å². The highest BCUT2D eigenvalue weighted by Crippen LogP contribution is 2.34. The molecule has 0 saturated carbocycles. The summed E-state index contributed by atoms with van der Waals surface area (Å²) in [6.07, 6.45) is 0.949. The molecule has 0 fully saturated rings. The largest absolute Gasteiger partial charge is 0.486 e. The predicted octanol–water partition coefficient (Wildman–Crippen LogP) is 1.27. The molecule has 2 heterocycles. The van der Waals surface area contributed by atoms with Gasteiger partial charge in [0.15, 0.2) is 11.5 Å². The molecular weight excluding hydrogens is 232 g/mol. The molecule has 3 rings (SSSR count). The third-order valence-corrected chi connectivity index (χ3v) is 3.02. The zero-order valence-electron chi connectivity index (χ0n) is 10.0. The van der Waals surface area contributed by atoms with E-state index >= 15 is 0 Å². The number of fused-ring (bicyclic) bond motifs is 1. The molecule has 1 N–H and O–H groups in total. The third-order valence-electron chi connectivity index (χ3n) is 3.02. The first kappa shape index (κ1) is 11.1. The van der Waals surface area contributed by atoms with Crippen molar-refractivity contribution in [3.63, 3.8) is 0 Å². The molecule has 1 aromatic carbocycles. The van der Waals surface area contributed by atoms with E-state index in [1.807, 2.05) is 18.2 Å². The maximum absolute atomic E-state index is 10.3. The maximum atomic E-state index is 10.3. The lowest BCUT2D eigenvalue weighted by Crippen LogP contribution is -2.16. The fourth-order valence-corrected chi connectivity index (χ4v) is 2.05. The minimum absolute atomic E-state index is 0.540. The second-order valence-electron chi connectivity index (χ2n) is 4.19. The second-order valence-corrected chi connectivity index (χ2v) is 4.19. The van der Waals surface area contributed by atoms with E-state index in [2.05, 4.69) is 5.10 Å². The van der Waals surface area contributed by atoms with Crippen LogP contribution in [-0.4, -0.2) is 28.1 Å². The van der Waals surface area contributed by atoms with E-state index in [4.69, 9.17) is 9.47 Å². The number of ether oxygens (including phenoxy) is 2. The molecule has 1 aliphatic heterocycles. The smallest absolute Gasteiger partial charge is 0.161 e. The molecule has 0 saturated heterocycles. The monoisotopic (exact) mass is 246 g/mol. The highest BCUT2D eigenvalue weighted by Gasteiger charge is 2.18. The van der Waals surface area contributed by atoms with E-state index in [1.165, 1.54) is 0 Å². The van der Waals surface area contributed by atoms with Crippen molar-refractivity contribution in [2.24, 2.45) is 7.05 Å². The molecule has 5 heteroatoms. The lowest BCUT2D eigenvalue weighted by atomic mass is 10.1. The molecular formula is C13H14N2O3. The Morgan fingerprint density at radius 1 is 1.22 bits per heavy atom. The van der Waals surface area contributed by atoms with Gasteiger partial charge in [-0.1, -0.05) is 6.07 Å². The second kappa shape index (κ2) is 4.34. The van der Waals surface area contributed by atoms with Crippen molar-refractivity contribution in [1.29, 1.82) is 0 Å². The number of hydrogen-bond donors (Lipinski definition) is 1. The molecule has 0 aliphatic carbocycles. The molecule has 1 unspecified atom stereocenters. The normalized spacial score (nSPS) is 15.4. The van der Waals surface area contributed by atoms with E-state index in [-0.39, 0.29) is 0 Å². The van der Waals surface area contributed by atoms with Gasteiger partial charge < -0.3 is 14.6 Å². The van der Waals surface area contributed by atoms with Crippen LogP contribution in [0.25, 0.3) is 0 Å². The van der Waals surface area contributed by atoms with Gasteiger partial charge >= 0.3 is 0 Å². The van der Waals surface area contributed by atoms with Crippen LogP contribution in [0.5, 0.6) is 11.5 Å². The van der Waals surface area contributed by atoms with Crippen molar-refractivity contribution >= 4 is 0 Å². The lowest BCUT2D eigenvalue weighted by Gasteiger charge is -2.20. The van der Waals surface area contributed by atoms with E-state index in [9.17, 15) is 5.11 Å². The van der Waals surface area contributed by atoms with Gasteiger partial charge in [-0.05, 0) is 23.8 Å². The van der Waals surface area contributed by atoms with Crippen molar-refractivity contribution in [3.05, 3.63) is 41.7 Å². The average Bonchev–Trinajstić information content (AvgIpc) is 2.83. The standard InChI is InChI=1S/C13H14N2O3/c1-15-10(4-5-14-15)13(16)9-2-3-11-12(8-9)18-7-6-17-11/h2-5,8,13,16H,6-7H2,1H3. The molecule has 2 aromatic rings. The predicted molar refractivity (Wildman–Crippen MR) is 64.7 cm³/mol. The molecule has 0 spiro atoms. The Hall–Kier alpha value is -2.01. The molecule has 5 nitrogen and oxygen atoms in total. The minimum Gasteiger partial charge on any atom is -0.486 e. The van der Waals surface area contributed by atoms with Crippen molar-refractivity contribution in [2.45, 2.75) is 6.10 Å². The zero-order valence-corrected chi connectivity index (χ0v) is 10.0. The number of aromatic nitrogens is 2. The van der Waals surface area contributed by atoms with E-state index in [0.717, 1.165) is 17.0 Å². The summed E-state index contributed by atoms with van der Waals surface area (Å²) in [4.78, 5) is 0. The number of benzene rings is 1. The van der Waals surface area contributed by atoms with Gasteiger partial charge in [-0.2, -0.15) is 5.10 Å². The van der Waals surface area contributed by atoms with Crippen molar-refractivity contribution in [1.82, 2.24) is 9.78 Å². The Kier molecular flexibility index (Phi) is 2.68. The maximum Gasteiger partial charge on any atom is 0.161 e. The van der Waals surface area contributed by atoms with Gasteiger partial charge in [-0.15, -0.1) is 0 Å². The first-order chi connectivity index (χ1) is 8.75. The Morgan fingerprint density at radius 3 is 2.72 bits per heavy atom. The van der Waals surface area contributed by atoms with Crippen LogP contribution < -0.4 is 9.47 Å². The summed E-state index contributed by atoms with van der Waals surface area (Å²) in [5, 5.41) is 14.4. The topological polar surface area (TPSA) is 56.5 Å². The molecule has 0 amide bonds. The van der Waals surface area contributed by atoms with Gasteiger partial charge in [0.2, 0.25) is 0 Å². The number of hydrogen-bond acceptors (Lipinski definition) is 4. The third kappa shape index (κ3) is 1.82. The van der Waals surface area contributed by atoms with Crippen molar-refractivity contribution < 1.29 is 14.6 Å². The summed E-state index contributed by atoms with van der Waals surface area (Å²) in [5.74, 6) is 1.40. The Labute approximate surface area is 105 Å². The van der Waals surface area contributed by atoms with Crippen LogP contribution in [0.4, 0.5) is 0 Å². The van der Waals surface area contributed by atoms with Crippen LogP contribution >= 0.6 is 0 Å². The summed E-state index contributed by atoms with van der Waals surface area (Å²) in [5.41, 5.74) is 1.51. The van der Waals surface area contributed by atoms with Crippen LogP contribution in [0.1, 0.15) is 17.4 Å². The van der Waals surface area contributed by atoms with Gasteiger partial charge in [0.05, 0.1) is 5.69 Å². The Balaban J connectivity index is 1.95. The lowest BCUT2D eigenvalue weighted by molar-refractivity contribution is 0.169. The highest BCUT2D eigenvalue weighted by molar-refractivity contribution is 5.45. The molecule has 1 aromatic heterocycles. The summed E-state index contributed by atoms with van der Waals surface area (Å²) in [6.45, 7) is 1.11. The number of rotatable bonds is 2.